The molecule has 1 N–H and O–H groups in total. The second-order valence-electron chi connectivity index (χ2n) is 4.94. The SMILES string of the molecule is CC1OCC2(CCN(C(=O)O)CC2)C1C. The van der Waals surface area contributed by atoms with Crippen LogP contribution in [0.1, 0.15) is 26.7 Å². The molecule has 2 unspecified atom stereocenters. The molecule has 2 atom stereocenters. The third kappa shape index (κ3) is 1.71. The summed E-state index contributed by atoms with van der Waals surface area (Å²) in [5, 5.41) is 8.88. The zero-order valence-corrected chi connectivity index (χ0v) is 9.40. The second-order valence-corrected chi connectivity index (χ2v) is 4.94. The first kappa shape index (κ1) is 10.7. The summed E-state index contributed by atoms with van der Waals surface area (Å²) < 4.78 is 5.69. The minimum Gasteiger partial charge on any atom is -0.465 e. The Hall–Kier alpha value is -0.770. The van der Waals surface area contributed by atoms with Gasteiger partial charge in [0.05, 0.1) is 12.7 Å². The van der Waals surface area contributed by atoms with Crippen molar-refractivity contribution in [2.45, 2.75) is 32.8 Å². The standard InChI is InChI=1S/C11H19NO3/c1-8-9(2)15-7-11(8)3-5-12(6-4-11)10(13)14/h8-9H,3-7H2,1-2H3,(H,13,14). The normalized spacial score (nSPS) is 34.7. The van der Waals surface area contributed by atoms with Gasteiger partial charge >= 0.3 is 6.09 Å². The molecule has 0 bridgehead atoms. The molecule has 4 nitrogen and oxygen atoms in total. The molecule has 0 aromatic heterocycles. The van der Waals surface area contributed by atoms with Crippen LogP contribution in [0.5, 0.6) is 0 Å². The quantitative estimate of drug-likeness (QED) is 0.667. The van der Waals surface area contributed by atoms with E-state index in [0.29, 0.717) is 25.1 Å². The number of nitrogens with zero attached hydrogens (tertiary/aromatic N) is 1. The van der Waals surface area contributed by atoms with Crippen molar-refractivity contribution in [2.75, 3.05) is 19.7 Å². The Kier molecular flexibility index (Phi) is 2.63. The lowest BCUT2D eigenvalue weighted by Gasteiger charge is -2.40. The summed E-state index contributed by atoms with van der Waals surface area (Å²) in [6.45, 7) is 6.48. The molecule has 0 aliphatic carbocycles. The van der Waals surface area contributed by atoms with Crippen molar-refractivity contribution in [1.82, 2.24) is 4.90 Å². The maximum Gasteiger partial charge on any atom is 0.407 e. The predicted molar refractivity (Wildman–Crippen MR) is 55.8 cm³/mol. The van der Waals surface area contributed by atoms with Crippen LogP contribution in [0, 0.1) is 11.3 Å². The zero-order chi connectivity index (χ0) is 11.1. The highest BCUT2D eigenvalue weighted by atomic mass is 16.5. The van der Waals surface area contributed by atoms with Crippen molar-refractivity contribution in [3.63, 3.8) is 0 Å². The average molecular weight is 213 g/mol. The molecule has 2 rings (SSSR count). The van der Waals surface area contributed by atoms with E-state index in [-0.39, 0.29) is 5.41 Å². The number of hydrogen-bond acceptors (Lipinski definition) is 2. The largest absolute Gasteiger partial charge is 0.465 e. The van der Waals surface area contributed by atoms with Crippen LogP contribution in [0.15, 0.2) is 0 Å². The molecule has 0 radical (unpaired) electrons. The Labute approximate surface area is 90.2 Å². The monoisotopic (exact) mass is 213 g/mol. The smallest absolute Gasteiger partial charge is 0.407 e. The minimum atomic E-state index is -0.788. The van der Waals surface area contributed by atoms with Crippen LogP contribution in [-0.4, -0.2) is 41.9 Å². The number of rotatable bonds is 0. The lowest BCUT2D eigenvalue weighted by atomic mass is 9.70. The van der Waals surface area contributed by atoms with Gasteiger partial charge in [-0.3, -0.25) is 0 Å². The molecule has 86 valence electrons. The van der Waals surface area contributed by atoms with Gasteiger partial charge in [0.15, 0.2) is 0 Å². The number of ether oxygens (including phenoxy) is 1. The molecule has 4 heteroatoms. The van der Waals surface area contributed by atoms with Crippen molar-refractivity contribution in [3.8, 4) is 0 Å². The van der Waals surface area contributed by atoms with Gasteiger partial charge in [0.2, 0.25) is 0 Å². The van der Waals surface area contributed by atoms with Crippen LogP contribution in [0.3, 0.4) is 0 Å². The summed E-state index contributed by atoms with van der Waals surface area (Å²) in [4.78, 5) is 12.3. The molecule has 2 heterocycles. The third-order valence-electron chi connectivity index (χ3n) is 4.33. The number of likely N-dealkylation sites (tertiary alicyclic amines) is 1. The van der Waals surface area contributed by atoms with E-state index in [1.807, 2.05) is 0 Å². The molecule has 2 aliphatic rings. The van der Waals surface area contributed by atoms with E-state index < -0.39 is 6.09 Å². The Morgan fingerprint density at radius 2 is 2.00 bits per heavy atom. The van der Waals surface area contributed by atoms with Gasteiger partial charge in [-0.15, -0.1) is 0 Å². The molecule has 0 saturated carbocycles. The van der Waals surface area contributed by atoms with Crippen LogP contribution in [0.4, 0.5) is 4.79 Å². The third-order valence-corrected chi connectivity index (χ3v) is 4.33. The van der Waals surface area contributed by atoms with E-state index in [2.05, 4.69) is 13.8 Å². The van der Waals surface area contributed by atoms with Gasteiger partial charge in [0.1, 0.15) is 0 Å². The maximum atomic E-state index is 10.8. The Morgan fingerprint density at radius 1 is 1.40 bits per heavy atom. The summed E-state index contributed by atoms with van der Waals surface area (Å²) in [6.07, 6.45) is 1.43. The van der Waals surface area contributed by atoms with Gasteiger partial charge < -0.3 is 14.7 Å². The van der Waals surface area contributed by atoms with Crippen molar-refractivity contribution in [3.05, 3.63) is 0 Å². The van der Waals surface area contributed by atoms with Gasteiger partial charge in [-0.1, -0.05) is 6.92 Å². The first-order chi connectivity index (χ1) is 7.05. The fraction of sp³-hybridized carbons (Fsp3) is 0.909. The fourth-order valence-corrected chi connectivity index (χ4v) is 2.81. The number of carbonyl (C=O) groups is 1. The van der Waals surface area contributed by atoms with Crippen LogP contribution in [0.25, 0.3) is 0 Å². The molecule has 1 amide bonds. The average Bonchev–Trinajstić information content (AvgIpc) is 2.48. The Morgan fingerprint density at radius 3 is 2.40 bits per heavy atom. The Bertz CT molecular complexity index is 259. The van der Waals surface area contributed by atoms with Gasteiger partial charge in [-0.2, -0.15) is 0 Å². The molecular formula is C11H19NO3. The first-order valence-electron chi connectivity index (χ1n) is 5.65. The van der Waals surface area contributed by atoms with Crippen molar-refractivity contribution in [1.29, 1.82) is 0 Å². The molecule has 0 aromatic carbocycles. The highest BCUT2D eigenvalue weighted by molar-refractivity contribution is 5.65. The number of piperidine rings is 1. The van der Waals surface area contributed by atoms with Crippen LogP contribution in [-0.2, 0) is 4.74 Å². The number of amides is 1. The highest BCUT2D eigenvalue weighted by Crippen LogP contribution is 2.46. The molecule has 1 spiro atoms. The summed E-state index contributed by atoms with van der Waals surface area (Å²) in [7, 11) is 0. The van der Waals surface area contributed by atoms with Crippen LogP contribution in [0.2, 0.25) is 0 Å². The first-order valence-corrected chi connectivity index (χ1v) is 5.65. The van der Waals surface area contributed by atoms with E-state index in [1.165, 1.54) is 4.90 Å². The summed E-state index contributed by atoms with van der Waals surface area (Å²) >= 11 is 0. The molecule has 2 fully saturated rings. The van der Waals surface area contributed by atoms with Gasteiger partial charge in [0.25, 0.3) is 0 Å². The van der Waals surface area contributed by atoms with Crippen LogP contribution < -0.4 is 0 Å². The summed E-state index contributed by atoms with van der Waals surface area (Å²) in [5.41, 5.74) is 0.241. The molecule has 2 aliphatic heterocycles. The lowest BCUT2D eigenvalue weighted by Crippen LogP contribution is -2.45. The summed E-state index contributed by atoms with van der Waals surface area (Å²) in [5.74, 6) is 0.549. The van der Waals surface area contributed by atoms with Crippen LogP contribution >= 0.6 is 0 Å². The van der Waals surface area contributed by atoms with Gasteiger partial charge in [0, 0.05) is 18.5 Å². The number of hydrogen-bond donors (Lipinski definition) is 1. The molecule has 2 saturated heterocycles. The fourth-order valence-electron chi connectivity index (χ4n) is 2.81. The van der Waals surface area contributed by atoms with E-state index >= 15 is 0 Å². The lowest BCUT2D eigenvalue weighted by molar-refractivity contribution is 0.0615. The number of carboxylic acid groups (broad SMARTS) is 1. The second kappa shape index (κ2) is 3.67. The maximum absolute atomic E-state index is 10.8. The topological polar surface area (TPSA) is 49.8 Å². The molecular weight excluding hydrogens is 194 g/mol. The van der Waals surface area contributed by atoms with Crippen molar-refractivity contribution < 1.29 is 14.6 Å². The summed E-state index contributed by atoms with van der Waals surface area (Å²) in [6, 6.07) is 0. The van der Waals surface area contributed by atoms with E-state index in [0.717, 1.165) is 19.4 Å². The molecule has 15 heavy (non-hydrogen) atoms. The molecule has 0 aromatic rings. The van der Waals surface area contributed by atoms with Crippen molar-refractivity contribution in [2.24, 2.45) is 11.3 Å². The highest BCUT2D eigenvalue weighted by Gasteiger charge is 2.47. The zero-order valence-electron chi connectivity index (χ0n) is 9.40. The Balaban J connectivity index is 2.00. The predicted octanol–water partition coefficient (Wildman–Crippen LogP) is 1.80. The van der Waals surface area contributed by atoms with Gasteiger partial charge in [-0.05, 0) is 25.7 Å². The van der Waals surface area contributed by atoms with E-state index in [9.17, 15) is 4.79 Å². The van der Waals surface area contributed by atoms with Gasteiger partial charge in [-0.25, -0.2) is 4.79 Å². The van der Waals surface area contributed by atoms with E-state index in [4.69, 9.17) is 9.84 Å². The van der Waals surface area contributed by atoms with Crippen molar-refractivity contribution >= 4 is 6.09 Å². The van der Waals surface area contributed by atoms with E-state index in [1.54, 1.807) is 0 Å². The minimum absolute atomic E-state index is 0.241.